The maximum atomic E-state index is 12.6. The van der Waals surface area contributed by atoms with Crippen LogP contribution in [0.3, 0.4) is 0 Å². The average molecular weight is 255 g/mol. The Morgan fingerprint density at radius 1 is 1.39 bits per heavy atom. The Bertz CT molecular complexity index is 291. The number of aliphatic hydroxyl groups is 1. The molecule has 1 rings (SSSR count). The Hall–Kier alpha value is -0.570. The largest absolute Gasteiger partial charge is 0.389 e. The van der Waals surface area contributed by atoms with Gasteiger partial charge >= 0.3 is 0 Å². The first kappa shape index (κ1) is 15.5. The zero-order chi connectivity index (χ0) is 14.0. The lowest BCUT2D eigenvalue weighted by Gasteiger charge is -2.41. The molecule has 1 aliphatic rings. The van der Waals surface area contributed by atoms with Crippen molar-refractivity contribution in [1.82, 2.24) is 4.90 Å². The number of hydrogen-bond acceptors (Lipinski definition) is 2. The molecule has 106 valence electrons. The van der Waals surface area contributed by atoms with Crippen molar-refractivity contribution in [3.8, 4) is 0 Å². The monoisotopic (exact) mass is 255 g/mol. The number of rotatable bonds is 4. The van der Waals surface area contributed by atoms with E-state index >= 15 is 0 Å². The number of hydrogen-bond donors (Lipinski definition) is 1. The topological polar surface area (TPSA) is 40.5 Å². The Morgan fingerprint density at radius 2 is 2.00 bits per heavy atom. The van der Waals surface area contributed by atoms with Crippen LogP contribution in [0.2, 0.25) is 0 Å². The Labute approximate surface area is 112 Å². The lowest BCUT2D eigenvalue weighted by Crippen LogP contribution is -2.48. The molecule has 0 aromatic heterocycles. The van der Waals surface area contributed by atoms with Gasteiger partial charge in [0.15, 0.2) is 0 Å². The summed E-state index contributed by atoms with van der Waals surface area (Å²) in [7, 11) is 0. The first-order valence-corrected chi connectivity index (χ1v) is 7.18. The van der Waals surface area contributed by atoms with E-state index in [0.29, 0.717) is 13.1 Å². The van der Waals surface area contributed by atoms with Gasteiger partial charge in [-0.15, -0.1) is 0 Å². The van der Waals surface area contributed by atoms with Crippen molar-refractivity contribution >= 4 is 5.91 Å². The van der Waals surface area contributed by atoms with E-state index in [4.69, 9.17) is 0 Å². The SMILES string of the molecule is CCN(CC(C)(C)O)C(=O)C1CCCCC1(C)C. The third-order valence-corrected chi connectivity index (χ3v) is 4.08. The number of likely N-dealkylation sites (N-methyl/N-ethyl adjacent to an activating group) is 1. The van der Waals surface area contributed by atoms with E-state index in [0.717, 1.165) is 19.3 Å². The number of amides is 1. The predicted molar refractivity (Wildman–Crippen MR) is 74.3 cm³/mol. The fourth-order valence-corrected chi connectivity index (χ4v) is 2.98. The second-order valence-corrected chi connectivity index (χ2v) is 6.95. The summed E-state index contributed by atoms with van der Waals surface area (Å²) < 4.78 is 0. The first-order chi connectivity index (χ1) is 8.17. The van der Waals surface area contributed by atoms with Crippen molar-refractivity contribution in [2.45, 2.75) is 65.9 Å². The zero-order valence-electron chi connectivity index (χ0n) is 12.6. The quantitative estimate of drug-likeness (QED) is 0.839. The normalized spacial score (nSPS) is 23.8. The first-order valence-electron chi connectivity index (χ1n) is 7.18. The van der Waals surface area contributed by atoms with Crippen molar-refractivity contribution < 1.29 is 9.90 Å². The third-order valence-electron chi connectivity index (χ3n) is 4.08. The van der Waals surface area contributed by atoms with E-state index in [9.17, 15) is 9.90 Å². The molecule has 1 amide bonds. The van der Waals surface area contributed by atoms with E-state index in [2.05, 4.69) is 13.8 Å². The van der Waals surface area contributed by atoms with E-state index in [1.165, 1.54) is 6.42 Å². The maximum absolute atomic E-state index is 12.6. The van der Waals surface area contributed by atoms with E-state index < -0.39 is 5.60 Å². The van der Waals surface area contributed by atoms with Gasteiger partial charge in [-0.05, 0) is 39.0 Å². The molecule has 1 unspecified atom stereocenters. The Kier molecular flexibility index (Phi) is 4.82. The van der Waals surface area contributed by atoms with Gasteiger partial charge in [0.2, 0.25) is 5.91 Å². The van der Waals surface area contributed by atoms with Gasteiger partial charge in [-0.25, -0.2) is 0 Å². The fraction of sp³-hybridized carbons (Fsp3) is 0.933. The highest BCUT2D eigenvalue weighted by Gasteiger charge is 2.39. The molecular formula is C15H29NO2. The van der Waals surface area contributed by atoms with Gasteiger partial charge in [-0.3, -0.25) is 4.79 Å². The van der Waals surface area contributed by atoms with E-state index in [-0.39, 0.29) is 17.2 Å². The minimum Gasteiger partial charge on any atom is -0.389 e. The minimum atomic E-state index is -0.815. The molecule has 0 spiro atoms. The van der Waals surface area contributed by atoms with Crippen LogP contribution in [-0.2, 0) is 4.79 Å². The van der Waals surface area contributed by atoms with Gasteiger partial charge < -0.3 is 10.0 Å². The van der Waals surface area contributed by atoms with Crippen LogP contribution in [-0.4, -0.2) is 34.6 Å². The number of carbonyl (C=O) groups excluding carboxylic acids is 1. The fourth-order valence-electron chi connectivity index (χ4n) is 2.98. The summed E-state index contributed by atoms with van der Waals surface area (Å²) in [6.07, 6.45) is 4.51. The standard InChI is InChI=1S/C15H29NO2/c1-6-16(11-15(4,5)18)13(17)12-9-7-8-10-14(12,2)3/h12,18H,6-11H2,1-5H3. The van der Waals surface area contributed by atoms with Crippen molar-refractivity contribution in [3.05, 3.63) is 0 Å². The molecule has 0 radical (unpaired) electrons. The average Bonchev–Trinajstić information content (AvgIpc) is 2.23. The lowest BCUT2D eigenvalue weighted by molar-refractivity contribution is -0.143. The summed E-state index contributed by atoms with van der Waals surface area (Å²) in [6, 6.07) is 0. The summed E-state index contributed by atoms with van der Waals surface area (Å²) >= 11 is 0. The Morgan fingerprint density at radius 3 is 2.44 bits per heavy atom. The van der Waals surface area contributed by atoms with Crippen LogP contribution in [0, 0.1) is 11.3 Å². The van der Waals surface area contributed by atoms with E-state index in [1.807, 2.05) is 11.8 Å². The second-order valence-electron chi connectivity index (χ2n) is 6.95. The van der Waals surface area contributed by atoms with Crippen LogP contribution in [0.15, 0.2) is 0 Å². The van der Waals surface area contributed by atoms with Crippen LogP contribution >= 0.6 is 0 Å². The smallest absolute Gasteiger partial charge is 0.226 e. The molecule has 1 saturated carbocycles. The molecule has 0 aromatic rings. The number of carbonyl (C=O) groups is 1. The molecule has 1 aliphatic carbocycles. The van der Waals surface area contributed by atoms with Crippen LogP contribution in [0.1, 0.15) is 60.3 Å². The molecule has 0 aromatic carbocycles. The molecule has 1 N–H and O–H groups in total. The van der Waals surface area contributed by atoms with Gasteiger partial charge in [-0.1, -0.05) is 26.7 Å². The van der Waals surface area contributed by atoms with Crippen LogP contribution in [0.4, 0.5) is 0 Å². The molecule has 3 heteroatoms. The highest BCUT2D eigenvalue weighted by Crippen LogP contribution is 2.41. The molecular weight excluding hydrogens is 226 g/mol. The molecule has 1 atom stereocenters. The second kappa shape index (κ2) is 5.60. The highest BCUT2D eigenvalue weighted by molar-refractivity contribution is 5.79. The third kappa shape index (κ3) is 3.98. The predicted octanol–water partition coefficient (Wildman–Crippen LogP) is 2.82. The highest BCUT2D eigenvalue weighted by atomic mass is 16.3. The molecule has 0 heterocycles. The van der Waals surface area contributed by atoms with Crippen LogP contribution < -0.4 is 0 Å². The van der Waals surface area contributed by atoms with Crippen LogP contribution in [0.25, 0.3) is 0 Å². The van der Waals surface area contributed by atoms with E-state index in [1.54, 1.807) is 13.8 Å². The molecule has 18 heavy (non-hydrogen) atoms. The summed E-state index contributed by atoms with van der Waals surface area (Å²) in [5.41, 5.74) is -0.715. The minimum absolute atomic E-state index is 0.0996. The van der Waals surface area contributed by atoms with Gasteiger partial charge in [0, 0.05) is 19.0 Å². The summed E-state index contributed by atoms with van der Waals surface area (Å²) in [5.74, 6) is 0.345. The number of nitrogens with zero attached hydrogens (tertiary/aromatic N) is 1. The summed E-state index contributed by atoms with van der Waals surface area (Å²) in [6.45, 7) is 11.0. The molecule has 3 nitrogen and oxygen atoms in total. The molecule has 0 saturated heterocycles. The molecule has 0 bridgehead atoms. The van der Waals surface area contributed by atoms with Gasteiger partial charge in [-0.2, -0.15) is 0 Å². The van der Waals surface area contributed by atoms with Crippen molar-refractivity contribution in [2.75, 3.05) is 13.1 Å². The lowest BCUT2D eigenvalue weighted by atomic mass is 9.68. The van der Waals surface area contributed by atoms with Gasteiger partial charge in [0.25, 0.3) is 0 Å². The zero-order valence-corrected chi connectivity index (χ0v) is 12.6. The molecule has 1 fully saturated rings. The van der Waals surface area contributed by atoms with Gasteiger partial charge in [0.05, 0.1) is 5.60 Å². The summed E-state index contributed by atoms with van der Waals surface area (Å²) in [5, 5.41) is 9.90. The van der Waals surface area contributed by atoms with Gasteiger partial charge in [0.1, 0.15) is 0 Å². The molecule has 0 aliphatic heterocycles. The van der Waals surface area contributed by atoms with Crippen molar-refractivity contribution in [3.63, 3.8) is 0 Å². The van der Waals surface area contributed by atoms with Crippen molar-refractivity contribution in [2.24, 2.45) is 11.3 Å². The van der Waals surface area contributed by atoms with Crippen molar-refractivity contribution in [1.29, 1.82) is 0 Å². The maximum Gasteiger partial charge on any atom is 0.226 e. The Balaban J connectivity index is 2.77. The summed E-state index contributed by atoms with van der Waals surface area (Å²) in [4.78, 5) is 14.5. The van der Waals surface area contributed by atoms with Crippen LogP contribution in [0.5, 0.6) is 0 Å².